The van der Waals surface area contributed by atoms with Crippen LogP contribution in [0.15, 0.2) is 54.6 Å². The molecule has 0 saturated carbocycles. The Morgan fingerprint density at radius 2 is 1.59 bits per heavy atom. The summed E-state index contributed by atoms with van der Waals surface area (Å²) in [5.41, 5.74) is 1.26. The zero-order valence-corrected chi connectivity index (χ0v) is 14.0. The van der Waals surface area contributed by atoms with Crippen LogP contribution >= 0.6 is 11.6 Å². The molecule has 2 aromatic carbocycles. The van der Waals surface area contributed by atoms with Gasteiger partial charge in [0.05, 0.1) is 5.41 Å². The van der Waals surface area contributed by atoms with Crippen LogP contribution in [0.2, 0.25) is 5.02 Å². The molecule has 1 atom stereocenters. The summed E-state index contributed by atoms with van der Waals surface area (Å²) in [5, 5.41) is 3.75. The fraction of sp³-hybridized carbons (Fsp3) is 0.316. The first-order valence-corrected chi connectivity index (χ1v) is 8.01. The second-order valence-electron chi connectivity index (χ2n) is 5.76. The predicted molar refractivity (Wildman–Crippen MR) is 92.2 cm³/mol. The SMILES string of the molecule is CCC(C(=O)NC(C)C)(c1ccccc1)c1ccc(Cl)cc1. The van der Waals surface area contributed by atoms with Crippen LogP contribution in [0, 0.1) is 0 Å². The highest BCUT2D eigenvalue weighted by molar-refractivity contribution is 6.30. The quantitative estimate of drug-likeness (QED) is 0.861. The average Bonchev–Trinajstić information content (AvgIpc) is 2.50. The van der Waals surface area contributed by atoms with Gasteiger partial charge in [0.2, 0.25) is 5.91 Å². The minimum absolute atomic E-state index is 0.0264. The molecule has 0 aliphatic heterocycles. The third kappa shape index (κ3) is 3.17. The Bertz CT molecular complexity index is 622. The van der Waals surface area contributed by atoms with Crippen molar-refractivity contribution in [2.75, 3.05) is 0 Å². The van der Waals surface area contributed by atoms with Crippen molar-refractivity contribution >= 4 is 17.5 Å². The van der Waals surface area contributed by atoms with Gasteiger partial charge in [0.25, 0.3) is 0 Å². The summed E-state index contributed by atoms with van der Waals surface area (Å²) in [7, 11) is 0. The van der Waals surface area contributed by atoms with E-state index in [-0.39, 0.29) is 11.9 Å². The number of amides is 1. The largest absolute Gasteiger partial charge is 0.353 e. The van der Waals surface area contributed by atoms with Gasteiger partial charge in [0, 0.05) is 11.1 Å². The number of benzene rings is 2. The van der Waals surface area contributed by atoms with Crippen LogP contribution in [0.5, 0.6) is 0 Å². The molecule has 0 spiro atoms. The second-order valence-corrected chi connectivity index (χ2v) is 6.20. The van der Waals surface area contributed by atoms with Crippen molar-refractivity contribution in [3.63, 3.8) is 0 Å². The number of hydrogen-bond donors (Lipinski definition) is 1. The lowest BCUT2D eigenvalue weighted by atomic mass is 9.71. The Morgan fingerprint density at radius 3 is 2.09 bits per heavy atom. The van der Waals surface area contributed by atoms with Crippen LogP contribution in [0.1, 0.15) is 38.3 Å². The molecule has 0 aliphatic rings. The standard InChI is InChI=1S/C19H22ClNO/c1-4-19(18(22)21-14(2)3,15-8-6-5-7-9-15)16-10-12-17(20)13-11-16/h5-14H,4H2,1-3H3,(H,21,22). The van der Waals surface area contributed by atoms with Gasteiger partial charge in [-0.25, -0.2) is 0 Å². The maximum absolute atomic E-state index is 13.0. The highest BCUT2D eigenvalue weighted by Gasteiger charge is 2.40. The van der Waals surface area contributed by atoms with Gasteiger partial charge in [-0.15, -0.1) is 0 Å². The Hall–Kier alpha value is -1.80. The molecule has 22 heavy (non-hydrogen) atoms. The van der Waals surface area contributed by atoms with E-state index in [1.165, 1.54) is 0 Å². The van der Waals surface area contributed by atoms with Crippen LogP contribution in [-0.2, 0) is 10.2 Å². The van der Waals surface area contributed by atoms with Crippen LogP contribution in [-0.4, -0.2) is 11.9 Å². The van der Waals surface area contributed by atoms with Crippen molar-refractivity contribution in [3.8, 4) is 0 Å². The molecule has 1 N–H and O–H groups in total. The number of hydrogen-bond acceptors (Lipinski definition) is 1. The van der Waals surface area contributed by atoms with E-state index in [4.69, 9.17) is 11.6 Å². The lowest BCUT2D eigenvalue weighted by molar-refractivity contribution is -0.126. The summed E-state index contributed by atoms with van der Waals surface area (Å²) in [6.07, 6.45) is 0.678. The van der Waals surface area contributed by atoms with E-state index in [1.807, 2.05) is 75.4 Å². The molecule has 0 radical (unpaired) electrons. The molecule has 0 fully saturated rings. The average molecular weight is 316 g/mol. The zero-order valence-electron chi connectivity index (χ0n) is 13.3. The summed E-state index contributed by atoms with van der Waals surface area (Å²) in [6, 6.07) is 17.6. The monoisotopic (exact) mass is 315 g/mol. The molecular weight excluding hydrogens is 294 g/mol. The lowest BCUT2D eigenvalue weighted by Gasteiger charge is -2.33. The summed E-state index contributed by atoms with van der Waals surface area (Å²) in [6.45, 7) is 6.00. The van der Waals surface area contributed by atoms with E-state index in [0.717, 1.165) is 11.1 Å². The Morgan fingerprint density at radius 1 is 1.05 bits per heavy atom. The van der Waals surface area contributed by atoms with Crippen molar-refractivity contribution in [2.24, 2.45) is 0 Å². The number of carbonyl (C=O) groups is 1. The molecular formula is C19H22ClNO. The number of halogens is 1. The molecule has 2 rings (SSSR count). The first-order chi connectivity index (χ1) is 10.5. The van der Waals surface area contributed by atoms with Crippen LogP contribution in [0.25, 0.3) is 0 Å². The maximum atomic E-state index is 13.0. The van der Waals surface area contributed by atoms with Gasteiger partial charge in [0.15, 0.2) is 0 Å². The lowest BCUT2D eigenvalue weighted by Crippen LogP contribution is -2.47. The van der Waals surface area contributed by atoms with Gasteiger partial charge in [-0.3, -0.25) is 4.79 Å². The van der Waals surface area contributed by atoms with Crippen LogP contribution in [0.4, 0.5) is 0 Å². The molecule has 0 bridgehead atoms. The molecule has 2 aromatic rings. The zero-order chi connectivity index (χ0) is 16.2. The topological polar surface area (TPSA) is 29.1 Å². The number of nitrogens with one attached hydrogen (secondary N) is 1. The molecule has 3 heteroatoms. The fourth-order valence-corrected chi connectivity index (χ4v) is 2.97. The van der Waals surface area contributed by atoms with E-state index in [1.54, 1.807) is 0 Å². The van der Waals surface area contributed by atoms with Crippen LogP contribution in [0.3, 0.4) is 0 Å². The van der Waals surface area contributed by atoms with Crippen molar-refractivity contribution in [3.05, 3.63) is 70.7 Å². The molecule has 116 valence electrons. The van der Waals surface area contributed by atoms with Crippen LogP contribution < -0.4 is 5.32 Å². The molecule has 0 aliphatic carbocycles. The summed E-state index contributed by atoms with van der Waals surface area (Å²) in [5.74, 6) is 0.0264. The molecule has 2 nitrogen and oxygen atoms in total. The molecule has 0 saturated heterocycles. The smallest absolute Gasteiger partial charge is 0.235 e. The van der Waals surface area contributed by atoms with Gasteiger partial charge in [-0.2, -0.15) is 0 Å². The molecule has 0 heterocycles. The van der Waals surface area contributed by atoms with E-state index in [9.17, 15) is 4.79 Å². The third-order valence-electron chi connectivity index (χ3n) is 3.94. The van der Waals surface area contributed by atoms with Crippen molar-refractivity contribution in [1.29, 1.82) is 0 Å². The maximum Gasteiger partial charge on any atom is 0.235 e. The van der Waals surface area contributed by atoms with Gasteiger partial charge in [0.1, 0.15) is 0 Å². The Labute approximate surface area is 137 Å². The van der Waals surface area contributed by atoms with Gasteiger partial charge < -0.3 is 5.32 Å². The van der Waals surface area contributed by atoms with Gasteiger partial charge in [-0.1, -0.05) is 61.0 Å². The van der Waals surface area contributed by atoms with Crippen molar-refractivity contribution in [2.45, 2.75) is 38.6 Å². The Balaban J connectivity index is 2.61. The van der Waals surface area contributed by atoms with Crippen molar-refractivity contribution < 1.29 is 4.79 Å². The summed E-state index contributed by atoms with van der Waals surface area (Å²) < 4.78 is 0. The van der Waals surface area contributed by atoms with Gasteiger partial charge >= 0.3 is 0 Å². The van der Waals surface area contributed by atoms with E-state index in [2.05, 4.69) is 5.32 Å². The summed E-state index contributed by atoms with van der Waals surface area (Å²) >= 11 is 6.01. The third-order valence-corrected chi connectivity index (χ3v) is 4.19. The normalized spacial score (nSPS) is 13.7. The summed E-state index contributed by atoms with van der Waals surface area (Å²) in [4.78, 5) is 13.0. The van der Waals surface area contributed by atoms with Gasteiger partial charge in [-0.05, 0) is 43.5 Å². The minimum atomic E-state index is -0.698. The highest BCUT2D eigenvalue weighted by Crippen LogP contribution is 2.36. The minimum Gasteiger partial charge on any atom is -0.353 e. The first kappa shape index (κ1) is 16.6. The number of carbonyl (C=O) groups excluding carboxylic acids is 1. The fourth-order valence-electron chi connectivity index (χ4n) is 2.84. The van der Waals surface area contributed by atoms with E-state index in [0.29, 0.717) is 11.4 Å². The van der Waals surface area contributed by atoms with Crippen molar-refractivity contribution in [1.82, 2.24) is 5.32 Å². The molecule has 1 unspecified atom stereocenters. The predicted octanol–water partition coefficient (Wildman–Crippen LogP) is 4.56. The molecule has 1 amide bonds. The molecule has 0 aromatic heterocycles. The second kappa shape index (κ2) is 6.97. The highest BCUT2D eigenvalue weighted by atomic mass is 35.5. The Kier molecular flexibility index (Phi) is 5.25. The van der Waals surface area contributed by atoms with E-state index >= 15 is 0 Å². The number of rotatable bonds is 5. The first-order valence-electron chi connectivity index (χ1n) is 7.63. The van der Waals surface area contributed by atoms with E-state index < -0.39 is 5.41 Å².